The Morgan fingerprint density at radius 2 is 1.97 bits per heavy atom. The molecule has 1 fully saturated rings. The van der Waals surface area contributed by atoms with Gasteiger partial charge in [-0.05, 0) is 44.5 Å². The van der Waals surface area contributed by atoms with Crippen molar-refractivity contribution in [3.63, 3.8) is 0 Å². The molecule has 1 aliphatic heterocycles. The quantitative estimate of drug-likeness (QED) is 0.402. The van der Waals surface area contributed by atoms with E-state index in [2.05, 4.69) is 21.4 Å². The first kappa shape index (κ1) is 21.5. The van der Waals surface area contributed by atoms with Crippen molar-refractivity contribution in [2.24, 2.45) is 5.10 Å². The maximum atomic E-state index is 12.5. The van der Waals surface area contributed by atoms with Crippen LogP contribution in [-0.4, -0.2) is 27.9 Å². The number of benzene rings is 2. The fourth-order valence-electron chi connectivity index (χ4n) is 3.75. The van der Waals surface area contributed by atoms with Crippen molar-refractivity contribution in [2.75, 3.05) is 0 Å². The van der Waals surface area contributed by atoms with Crippen molar-refractivity contribution >= 4 is 35.3 Å². The molecular formula is C22H22Cl2N6O. The van der Waals surface area contributed by atoms with E-state index in [-0.39, 0.29) is 11.9 Å². The number of hydrogen-bond donors (Lipinski definition) is 3. The molecule has 0 aliphatic carbocycles. The number of carbonyl (C=O) groups excluding carboxylic acids is 1. The van der Waals surface area contributed by atoms with Crippen molar-refractivity contribution < 1.29 is 4.79 Å². The molecule has 0 spiro atoms. The number of rotatable bonds is 5. The summed E-state index contributed by atoms with van der Waals surface area (Å²) in [6.45, 7) is 4.02. The molecule has 0 bridgehead atoms. The Hall–Kier alpha value is -2.71. The van der Waals surface area contributed by atoms with Crippen LogP contribution in [0.15, 0.2) is 53.6 Å². The van der Waals surface area contributed by atoms with E-state index in [0.717, 1.165) is 22.6 Å². The highest BCUT2D eigenvalue weighted by atomic mass is 35.5. The number of amides is 1. The lowest BCUT2D eigenvalue weighted by atomic mass is 10.00. The van der Waals surface area contributed by atoms with Crippen LogP contribution in [-0.2, 0) is 4.79 Å². The zero-order valence-electron chi connectivity index (χ0n) is 17.1. The molecule has 4 rings (SSSR count). The van der Waals surface area contributed by atoms with Crippen molar-refractivity contribution in [3.05, 3.63) is 81.1 Å². The van der Waals surface area contributed by atoms with Gasteiger partial charge in [0.1, 0.15) is 6.04 Å². The highest BCUT2D eigenvalue weighted by molar-refractivity contribution is 6.36. The Morgan fingerprint density at radius 3 is 2.71 bits per heavy atom. The second-order valence-electron chi connectivity index (χ2n) is 7.36. The molecule has 31 heavy (non-hydrogen) atoms. The van der Waals surface area contributed by atoms with Crippen LogP contribution in [0.25, 0.3) is 5.69 Å². The number of nitrogens with one attached hydrogen (secondary N) is 3. The lowest BCUT2D eigenvalue weighted by Crippen LogP contribution is -2.41. The Bertz CT molecular complexity index is 1130. The minimum atomic E-state index is -0.429. The maximum absolute atomic E-state index is 12.5. The highest BCUT2D eigenvalue weighted by Crippen LogP contribution is 2.29. The molecule has 2 atom stereocenters. The van der Waals surface area contributed by atoms with E-state index in [1.807, 2.05) is 48.9 Å². The van der Waals surface area contributed by atoms with Gasteiger partial charge in [0.25, 0.3) is 5.91 Å². The average Bonchev–Trinajstić information content (AvgIpc) is 3.34. The van der Waals surface area contributed by atoms with Crippen LogP contribution in [0.4, 0.5) is 0 Å². The summed E-state index contributed by atoms with van der Waals surface area (Å²) in [7, 11) is 0. The molecular weight excluding hydrogens is 435 g/mol. The molecule has 9 heteroatoms. The summed E-state index contributed by atoms with van der Waals surface area (Å²) >= 11 is 12.0. The molecule has 2 heterocycles. The highest BCUT2D eigenvalue weighted by Gasteiger charge is 2.33. The van der Waals surface area contributed by atoms with Crippen molar-refractivity contribution in [1.29, 1.82) is 0 Å². The van der Waals surface area contributed by atoms with E-state index in [1.165, 1.54) is 6.21 Å². The SMILES string of the molecule is Cc1nn(-c2ccccc2)c(C)c1C1CC(C(=O)N/N=C/c2ccc(Cl)cc2Cl)NN1. The summed E-state index contributed by atoms with van der Waals surface area (Å²) in [5.74, 6) is -0.234. The Balaban J connectivity index is 1.42. The molecule has 1 amide bonds. The molecule has 2 aromatic carbocycles. The summed E-state index contributed by atoms with van der Waals surface area (Å²) in [6.07, 6.45) is 2.07. The summed E-state index contributed by atoms with van der Waals surface area (Å²) in [5, 5.41) is 9.72. The summed E-state index contributed by atoms with van der Waals surface area (Å²) < 4.78 is 1.93. The van der Waals surface area contributed by atoms with Gasteiger partial charge >= 0.3 is 0 Å². The van der Waals surface area contributed by atoms with E-state index >= 15 is 0 Å². The lowest BCUT2D eigenvalue weighted by Gasteiger charge is -2.11. The van der Waals surface area contributed by atoms with Crippen LogP contribution in [0, 0.1) is 13.8 Å². The fraction of sp³-hybridized carbons (Fsp3) is 0.227. The van der Waals surface area contributed by atoms with Crippen molar-refractivity contribution in [2.45, 2.75) is 32.4 Å². The Kier molecular flexibility index (Phi) is 6.38. The normalized spacial score (nSPS) is 18.6. The van der Waals surface area contributed by atoms with Gasteiger partial charge < -0.3 is 0 Å². The zero-order chi connectivity index (χ0) is 22.0. The number of hydrazine groups is 1. The van der Waals surface area contributed by atoms with E-state index < -0.39 is 6.04 Å². The molecule has 3 aromatic rings. The van der Waals surface area contributed by atoms with Gasteiger partial charge in [-0.3, -0.25) is 4.79 Å². The van der Waals surface area contributed by atoms with Gasteiger partial charge in [0.05, 0.1) is 28.7 Å². The first-order valence-corrected chi connectivity index (χ1v) is 10.6. The third-order valence-electron chi connectivity index (χ3n) is 5.26. The summed E-state index contributed by atoms with van der Waals surface area (Å²) in [6, 6.07) is 14.6. The zero-order valence-corrected chi connectivity index (χ0v) is 18.6. The predicted octanol–water partition coefficient (Wildman–Crippen LogP) is 3.85. The first-order valence-electron chi connectivity index (χ1n) is 9.84. The first-order chi connectivity index (χ1) is 14.9. The largest absolute Gasteiger partial charge is 0.271 e. The lowest BCUT2D eigenvalue weighted by molar-refractivity contribution is -0.122. The molecule has 0 saturated carbocycles. The third-order valence-corrected chi connectivity index (χ3v) is 5.82. The second kappa shape index (κ2) is 9.20. The predicted molar refractivity (Wildman–Crippen MR) is 123 cm³/mol. The number of para-hydroxylation sites is 1. The second-order valence-corrected chi connectivity index (χ2v) is 8.21. The maximum Gasteiger partial charge on any atom is 0.258 e. The topological polar surface area (TPSA) is 83.3 Å². The Morgan fingerprint density at radius 1 is 1.19 bits per heavy atom. The van der Waals surface area contributed by atoms with Crippen LogP contribution < -0.4 is 16.3 Å². The van der Waals surface area contributed by atoms with E-state index in [0.29, 0.717) is 22.0 Å². The molecule has 160 valence electrons. The summed E-state index contributed by atoms with van der Waals surface area (Å²) in [4.78, 5) is 12.5. The van der Waals surface area contributed by atoms with Crippen LogP contribution in [0.2, 0.25) is 10.0 Å². The Labute approximate surface area is 190 Å². The number of hydrazone groups is 1. The smallest absolute Gasteiger partial charge is 0.258 e. The minimum Gasteiger partial charge on any atom is -0.271 e. The molecule has 1 saturated heterocycles. The van der Waals surface area contributed by atoms with Gasteiger partial charge in [0, 0.05) is 21.8 Å². The molecule has 2 unspecified atom stereocenters. The molecule has 7 nitrogen and oxygen atoms in total. The van der Waals surface area contributed by atoms with E-state index in [1.54, 1.807) is 18.2 Å². The van der Waals surface area contributed by atoms with Gasteiger partial charge in [-0.2, -0.15) is 10.2 Å². The van der Waals surface area contributed by atoms with Gasteiger partial charge in [-0.1, -0.05) is 47.5 Å². The number of halogens is 2. The van der Waals surface area contributed by atoms with Crippen LogP contribution in [0.5, 0.6) is 0 Å². The van der Waals surface area contributed by atoms with Crippen LogP contribution in [0.3, 0.4) is 0 Å². The minimum absolute atomic E-state index is 0.0390. The fourth-order valence-corrected chi connectivity index (χ4v) is 4.20. The molecule has 3 N–H and O–H groups in total. The number of carbonyl (C=O) groups is 1. The third kappa shape index (κ3) is 4.65. The molecule has 1 aliphatic rings. The van der Waals surface area contributed by atoms with Crippen LogP contribution in [0.1, 0.15) is 35.0 Å². The van der Waals surface area contributed by atoms with Gasteiger partial charge in [-0.25, -0.2) is 21.0 Å². The van der Waals surface area contributed by atoms with E-state index in [4.69, 9.17) is 28.3 Å². The number of hydrogen-bond acceptors (Lipinski definition) is 5. The molecule has 1 aromatic heterocycles. The number of aromatic nitrogens is 2. The van der Waals surface area contributed by atoms with Crippen LogP contribution >= 0.6 is 23.2 Å². The van der Waals surface area contributed by atoms with Gasteiger partial charge in [0.2, 0.25) is 0 Å². The van der Waals surface area contributed by atoms with Gasteiger partial charge in [-0.15, -0.1) is 0 Å². The monoisotopic (exact) mass is 456 g/mol. The summed E-state index contributed by atoms with van der Waals surface area (Å²) in [5.41, 5.74) is 13.6. The molecule has 0 radical (unpaired) electrons. The number of nitrogens with zero attached hydrogens (tertiary/aromatic N) is 3. The van der Waals surface area contributed by atoms with E-state index in [9.17, 15) is 4.79 Å². The standard InChI is InChI=1S/C22H22Cl2N6O/c1-13-21(14(2)30(29-13)17-6-4-3-5-7-17)19-11-20(27-26-19)22(31)28-25-12-15-8-9-16(23)10-18(15)24/h3-10,12,19-20,26-27H,11H2,1-2H3,(H,28,31)/b25-12+. The van der Waals surface area contributed by atoms with Crippen molar-refractivity contribution in [1.82, 2.24) is 26.1 Å². The van der Waals surface area contributed by atoms with Crippen molar-refractivity contribution in [3.8, 4) is 5.69 Å². The van der Waals surface area contributed by atoms with Gasteiger partial charge in [0.15, 0.2) is 0 Å². The number of aryl methyl sites for hydroxylation is 1. The average molecular weight is 457 g/mol.